The Morgan fingerprint density at radius 1 is 1.40 bits per heavy atom. The van der Waals surface area contributed by atoms with E-state index >= 15 is 0 Å². The Kier molecular flexibility index (Phi) is 3.28. The maximum Gasteiger partial charge on any atom is 0.129 e. The second kappa shape index (κ2) is 4.96. The molecule has 0 aliphatic carbocycles. The summed E-state index contributed by atoms with van der Waals surface area (Å²) in [6.45, 7) is 1.01. The molecule has 1 aliphatic rings. The molecule has 0 fully saturated rings. The van der Waals surface area contributed by atoms with Crippen LogP contribution >= 0.6 is 11.6 Å². The Balaban J connectivity index is 1.99. The fraction of sp³-hybridized carbons (Fsp3) is 0.267. The molecule has 2 heterocycles. The summed E-state index contributed by atoms with van der Waals surface area (Å²) in [5.74, 6) is 0.305. The number of nitrogens with two attached hydrogens (primary N) is 1. The van der Waals surface area contributed by atoms with E-state index in [1.807, 2.05) is 18.2 Å². The zero-order valence-electron chi connectivity index (χ0n) is 11.2. The Morgan fingerprint density at radius 3 is 3.00 bits per heavy atom. The maximum atomic E-state index is 10.5. The van der Waals surface area contributed by atoms with Crippen molar-refractivity contribution >= 4 is 23.1 Å². The van der Waals surface area contributed by atoms with E-state index in [0.29, 0.717) is 16.4 Å². The zero-order chi connectivity index (χ0) is 14.3. The summed E-state index contributed by atoms with van der Waals surface area (Å²) in [5.41, 5.74) is 9.65. The van der Waals surface area contributed by atoms with Crippen molar-refractivity contribution in [1.29, 1.82) is 0 Å². The van der Waals surface area contributed by atoms with E-state index in [9.17, 15) is 5.11 Å². The van der Waals surface area contributed by atoms with Crippen LogP contribution in [0.4, 0.5) is 11.5 Å². The van der Waals surface area contributed by atoms with Crippen molar-refractivity contribution in [3.8, 4) is 0 Å². The molecule has 1 unspecified atom stereocenters. The fourth-order valence-corrected chi connectivity index (χ4v) is 2.79. The number of hydrogen-bond donors (Lipinski definition) is 2. The SMILES string of the molecule is CN1CCc2cc(C(O)c3cc(Cl)cnc3N)ccc21. The van der Waals surface area contributed by atoms with Gasteiger partial charge in [-0.2, -0.15) is 0 Å². The zero-order valence-corrected chi connectivity index (χ0v) is 11.9. The molecule has 1 aliphatic heterocycles. The smallest absolute Gasteiger partial charge is 0.129 e. The lowest BCUT2D eigenvalue weighted by molar-refractivity contribution is 0.220. The standard InChI is InChI=1S/C15H16ClN3O/c1-19-5-4-9-6-10(2-3-13(9)19)14(20)12-7-11(16)8-18-15(12)17/h2-3,6-8,14,20H,4-5H2,1H3,(H2,17,18). The van der Waals surface area contributed by atoms with Crippen LogP contribution < -0.4 is 10.6 Å². The van der Waals surface area contributed by atoms with Crippen LogP contribution in [-0.2, 0) is 6.42 Å². The monoisotopic (exact) mass is 289 g/mol. The third-order valence-electron chi connectivity index (χ3n) is 3.76. The predicted octanol–water partition coefficient (Wildman–Crippen LogP) is 2.39. The number of benzene rings is 1. The van der Waals surface area contributed by atoms with Gasteiger partial charge in [0.15, 0.2) is 0 Å². The minimum atomic E-state index is -0.808. The molecule has 0 saturated carbocycles. The molecule has 0 saturated heterocycles. The van der Waals surface area contributed by atoms with Gasteiger partial charge in [-0.3, -0.25) is 0 Å². The summed E-state index contributed by atoms with van der Waals surface area (Å²) < 4.78 is 0. The van der Waals surface area contributed by atoms with Crippen LogP contribution in [0.1, 0.15) is 22.8 Å². The highest BCUT2D eigenvalue weighted by Crippen LogP contribution is 2.33. The van der Waals surface area contributed by atoms with Crippen molar-refractivity contribution in [3.05, 3.63) is 52.2 Å². The average molecular weight is 290 g/mol. The van der Waals surface area contributed by atoms with Crippen molar-refractivity contribution < 1.29 is 5.11 Å². The lowest BCUT2D eigenvalue weighted by Gasteiger charge is -2.16. The van der Waals surface area contributed by atoms with E-state index in [4.69, 9.17) is 17.3 Å². The number of hydrogen-bond acceptors (Lipinski definition) is 4. The van der Waals surface area contributed by atoms with Gasteiger partial charge in [0, 0.05) is 31.0 Å². The Morgan fingerprint density at radius 2 is 2.20 bits per heavy atom. The van der Waals surface area contributed by atoms with Gasteiger partial charge >= 0.3 is 0 Å². The summed E-state index contributed by atoms with van der Waals surface area (Å²) in [6.07, 6.45) is 1.66. The predicted molar refractivity (Wildman–Crippen MR) is 81.1 cm³/mol. The van der Waals surface area contributed by atoms with E-state index in [2.05, 4.69) is 16.9 Å². The summed E-state index contributed by atoms with van der Waals surface area (Å²) >= 11 is 5.93. The number of fused-ring (bicyclic) bond motifs is 1. The summed E-state index contributed by atoms with van der Waals surface area (Å²) in [6, 6.07) is 7.65. The van der Waals surface area contributed by atoms with Crippen LogP contribution in [0.2, 0.25) is 5.02 Å². The quantitative estimate of drug-likeness (QED) is 0.891. The molecule has 0 bridgehead atoms. The van der Waals surface area contributed by atoms with Gasteiger partial charge < -0.3 is 15.7 Å². The summed E-state index contributed by atoms with van der Waals surface area (Å²) in [4.78, 5) is 6.20. The van der Waals surface area contributed by atoms with Crippen LogP contribution in [0.3, 0.4) is 0 Å². The topological polar surface area (TPSA) is 62.4 Å². The third-order valence-corrected chi connectivity index (χ3v) is 3.96. The number of rotatable bonds is 2. The maximum absolute atomic E-state index is 10.5. The van der Waals surface area contributed by atoms with E-state index in [1.165, 1.54) is 17.4 Å². The van der Waals surface area contributed by atoms with Crippen molar-refractivity contribution in [2.75, 3.05) is 24.2 Å². The van der Waals surface area contributed by atoms with E-state index in [-0.39, 0.29) is 0 Å². The molecule has 3 N–H and O–H groups in total. The second-order valence-corrected chi connectivity index (χ2v) is 5.53. The molecule has 1 aromatic carbocycles. The number of nitrogen functional groups attached to an aromatic ring is 1. The number of pyridine rings is 1. The highest BCUT2D eigenvalue weighted by atomic mass is 35.5. The van der Waals surface area contributed by atoms with Gasteiger partial charge in [0.05, 0.1) is 5.02 Å². The molecule has 0 amide bonds. The molecule has 3 rings (SSSR count). The average Bonchev–Trinajstić information content (AvgIpc) is 2.82. The Bertz CT molecular complexity index is 660. The lowest BCUT2D eigenvalue weighted by atomic mass is 9.99. The summed E-state index contributed by atoms with van der Waals surface area (Å²) in [7, 11) is 2.07. The van der Waals surface area contributed by atoms with E-state index in [0.717, 1.165) is 18.5 Å². The third kappa shape index (κ3) is 2.21. The molecule has 0 radical (unpaired) electrons. The molecule has 104 valence electrons. The van der Waals surface area contributed by atoms with Crippen molar-refractivity contribution in [3.63, 3.8) is 0 Å². The minimum absolute atomic E-state index is 0.305. The van der Waals surface area contributed by atoms with Crippen LogP contribution in [0.5, 0.6) is 0 Å². The van der Waals surface area contributed by atoms with Crippen LogP contribution in [0.25, 0.3) is 0 Å². The van der Waals surface area contributed by atoms with Crippen LogP contribution in [0.15, 0.2) is 30.5 Å². The number of aliphatic hydroxyl groups excluding tert-OH is 1. The highest BCUT2D eigenvalue weighted by molar-refractivity contribution is 6.30. The summed E-state index contributed by atoms with van der Waals surface area (Å²) in [5, 5.41) is 11.0. The van der Waals surface area contributed by atoms with E-state index in [1.54, 1.807) is 6.07 Å². The number of aliphatic hydroxyl groups is 1. The molecular formula is C15H16ClN3O. The molecule has 1 atom stereocenters. The van der Waals surface area contributed by atoms with Gasteiger partial charge in [-0.25, -0.2) is 4.98 Å². The van der Waals surface area contributed by atoms with Crippen molar-refractivity contribution in [1.82, 2.24) is 4.98 Å². The van der Waals surface area contributed by atoms with E-state index < -0.39 is 6.10 Å². The first-order valence-corrected chi connectivity index (χ1v) is 6.87. The molecule has 1 aromatic heterocycles. The van der Waals surface area contributed by atoms with Crippen LogP contribution in [-0.4, -0.2) is 23.7 Å². The van der Waals surface area contributed by atoms with Crippen molar-refractivity contribution in [2.45, 2.75) is 12.5 Å². The van der Waals surface area contributed by atoms with Crippen molar-refractivity contribution in [2.24, 2.45) is 0 Å². The van der Waals surface area contributed by atoms with Gasteiger partial charge in [-0.1, -0.05) is 23.7 Å². The number of likely N-dealkylation sites (N-methyl/N-ethyl adjacent to an activating group) is 1. The fourth-order valence-electron chi connectivity index (χ4n) is 2.62. The normalized spacial score (nSPS) is 15.2. The first-order valence-electron chi connectivity index (χ1n) is 6.49. The lowest BCUT2D eigenvalue weighted by Crippen LogP contribution is -2.12. The van der Waals surface area contributed by atoms with Gasteiger partial charge in [-0.15, -0.1) is 0 Å². The number of aromatic nitrogens is 1. The first-order chi connectivity index (χ1) is 9.56. The molecule has 5 heteroatoms. The Hall–Kier alpha value is -1.78. The van der Waals surface area contributed by atoms with Gasteiger partial charge in [0.25, 0.3) is 0 Å². The molecule has 2 aromatic rings. The molecule has 20 heavy (non-hydrogen) atoms. The number of nitrogens with zero attached hydrogens (tertiary/aromatic N) is 2. The molecular weight excluding hydrogens is 274 g/mol. The number of halogens is 1. The van der Waals surface area contributed by atoms with Gasteiger partial charge in [-0.05, 0) is 29.7 Å². The highest BCUT2D eigenvalue weighted by Gasteiger charge is 2.20. The second-order valence-electron chi connectivity index (χ2n) is 5.09. The van der Waals surface area contributed by atoms with Crippen LogP contribution in [0, 0.1) is 0 Å². The Labute approximate surface area is 122 Å². The molecule has 0 spiro atoms. The minimum Gasteiger partial charge on any atom is -0.384 e. The molecule has 4 nitrogen and oxygen atoms in total. The largest absolute Gasteiger partial charge is 0.384 e. The van der Waals surface area contributed by atoms with Gasteiger partial charge in [0.1, 0.15) is 11.9 Å². The number of anilines is 2. The first kappa shape index (κ1) is 13.2. The van der Waals surface area contributed by atoms with Gasteiger partial charge in [0.2, 0.25) is 0 Å².